The molecule has 0 aliphatic heterocycles. The Labute approximate surface area is 162 Å². The number of ketones is 1. The average Bonchev–Trinajstić information content (AvgIpc) is 2.72. The Kier molecular flexibility index (Phi) is 5.97. The van der Waals surface area contributed by atoms with Gasteiger partial charge in [0.2, 0.25) is 0 Å². The molecule has 3 aromatic rings. The van der Waals surface area contributed by atoms with Gasteiger partial charge in [-0.25, -0.2) is 4.79 Å². The van der Waals surface area contributed by atoms with Crippen LogP contribution in [0.15, 0.2) is 77.8 Å². The van der Waals surface area contributed by atoms with Gasteiger partial charge >= 0.3 is 5.97 Å². The molecule has 0 spiro atoms. The zero-order valence-electron chi connectivity index (χ0n) is 15.3. The van der Waals surface area contributed by atoms with Crippen molar-refractivity contribution in [2.45, 2.75) is 13.5 Å². The topological polar surface area (TPSA) is 76.0 Å². The van der Waals surface area contributed by atoms with Crippen LogP contribution in [0.5, 0.6) is 5.75 Å². The first-order chi connectivity index (χ1) is 13.5. The van der Waals surface area contributed by atoms with Crippen molar-refractivity contribution in [3.63, 3.8) is 0 Å². The number of benzene rings is 3. The summed E-state index contributed by atoms with van der Waals surface area (Å²) in [6.45, 7) is 1.85. The molecule has 28 heavy (non-hydrogen) atoms. The highest BCUT2D eigenvalue weighted by Crippen LogP contribution is 2.20. The van der Waals surface area contributed by atoms with Gasteiger partial charge in [0, 0.05) is 17.3 Å². The van der Waals surface area contributed by atoms with Crippen LogP contribution < -0.4 is 4.74 Å². The minimum atomic E-state index is -0.953. The molecule has 0 saturated carbocycles. The number of aliphatic imine (C=N–C) groups is 1. The maximum absolute atomic E-state index is 11.3. The number of Topliss-reactive ketones (excluding diaryl/α,β-unsaturated/α-hetero) is 1. The molecule has 0 heterocycles. The second-order valence-corrected chi connectivity index (χ2v) is 6.19. The maximum atomic E-state index is 11.3. The number of hydrogen-bond acceptors (Lipinski definition) is 4. The third kappa shape index (κ3) is 4.92. The van der Waals surface area contributed by atoms with Gasteiger partial charge in [-0.1, -0.05) is 24.3 Å². The number of carbonyl (C=O) groups excluding carboxylic acids is 1. The first kappa shape index (κ1) is 19.0. The van der Waals surface area contributed by atoms with E-state index in [1.807, 2.05) is 24.3 Å². The van der Waals surface area contributed by atoms with Gasteiger partial charge in [0.05, 0.1) is 11.3 Å². The van der Waals surface area contributed by atoms with Gasteiger partial charge in [-0.2, -0.15) is 0 Å². The summed E-state index contributed by atoms with van der Waals surface area (Å²) in [6, 6.07) is 21.2. The van der Waals surface area contributed by atoms with Crippen molar-refractivity contribution in [2.75, 3.05) is 0 Å². The second kappa shape index (κ2) is 8.77. The normalized spacial score (nSPS) is 10.8. The van der Waals surface area contributed by atoms with E-state index in [1.165, 1.54) is 6.92 Å². The predicted octanol–water partition coefficient (Wildman–Crippen LogP) is 4.92. The summed E-state index contributed by atoms with van der Waals surface area (Å²) < 4.78 is 5.88. The van der Waals surface area contributed by atoms with Gasteiger partial charge in [0.25, 0.3) is 0 Å². The first-order valence-electron chi connectivity index (χ1n) is 8.72. The lowest BCUT2D eigenvalue weighted by atomic mass is 10.1. The standard InChI is InChI=1S/C23H19NO4/c1-16(25)18-10-12-21(13-11-18)24-14-20-4-2-3-5-22(20)28-15-17-6-8-19(9-7-17)23(26)27/h2-14H,15H2,1H3,(H,26,27). The van der Waals surface area contributed by atoms with Crippen LogP contribution in [0.4, 0.5) is 5.69 Å². The van der Waals surface area contributed by atoms with Gasteiger partial charge in [-0.15, -0.1) is 0 Å². The summed E-state index contributed by atoms with van der Waals surface area (Å²) in [5.74, 6) is -0.259. The number of rotatable bonds is 7. The second-order valence-electron chi connectivity index (χ2n) is 6.19. The highest BCUT2D eigenvalue weighted by Gasteiger charge is 2.04. The zero-order valence-corrected chi connectivity index (χ0v) is 15.3. The number of carbonyl (C=O) groups is 2. The molecule has 0 aliphatic rings. The first-order valence-corrected chi connectivity index (χ1v) is 8.72. The van der Waals surface area contributed by atoms with Crippen molar-refractivity contribution in [3.05, 3.63) is 95.1 Å². The molecule has 0 aliphatic carbocycles. The Morgan fingerprint density at radius 3 is 2.21 bits per heavy atom. The van der Waals surface area contributed by atoms with Crippen molar-refractivity contribution >= 4 is 23.7 Å². The number of ether oxygens (including phenoxy) is 1. The molecule has 0 radical (unpaired) electrons. The van der Waals surface area contributed by atoms with Gasteiger partial charge in [0.15, 0.2) is 5.78 Å². The van der Waals surface area contributed by atoms with Crippen LogP contribution in [-0.4, -0.2) is 23.1 Å². The number of nitrogens with zero attached hydrogens (tertiary/aromatic N) is 1. The predicted molar refractivity (Wildman–Crippen MR) is 108 cm³/mol. The van der Waals surface area contributed by atoms with E-state index in [2.05, 4.69) is 4.99 Å². The van der Waals surface area contributed by atoms with E-state index in [0.29, 0.717) is 17.9 Å². The third-order valence-electron chi connectivity index (χ3n) is 4.14. The molecule has 0 unspecified atom stereocenters. The van der Waals surface area contributed by atoms with E-state index < -0.39 is 5.97 Å². The van der Waals surface area contributed by atoms with Crippen LogP contribution in [0.3, 0.4) is 0 Å². The van der Waals surface area contributed by atoms with E-state index in [0.717, 1.165) is 16.8 Å². The number of para-hydroxylation sites is 1. The summed E-state index contributed by atoms with van der Waals surface area (Å²) >= 11 is 0. The van der Waals surface area contributed by atoms with Gasteiger partial charge < -0.3 is 9.84 Å². The van der Waals surface area contributed by atoms with E-state index in [9.17, 15) is 9.59 Å². The Balaban J connectivity index is 1.70. The number of carboxylic acid groups (broad SMARTS) is 1. The molecule has 3 aromatic carbocycles. The molecular formula is C23H19NO4. The van der Waals surface area contributed by atoms with E-state index >= 15 is 0 Å². The molecule has 5 nitrogen and oxygen atoms in total. The summed E-state index contributed by atoms with van der Waals surface area (Å²) in [4.78, 5) is 26.7. The van der Waals surface area contributed by atoms with Crippen molar-refractivity contribution in [1.29, 1.82) is 0 Å². The minimum absolute atomic E-state index is 0.0191. The van der Waals surface area contributed by atoms with Crippen LogP contribution in [-0.2, 0) is 6.61 Å². The van der Waals surface area contributed by atoms with Crippen LogP contribution >= 0.6 is 0 Å². The Morgan fingerprint density at radius 2 is 1.57 bits per heavy atom. The third-order valence-corrected chi connectivity index (χ3v) is 4.14. The fourth-order valence-electron chi connectivity index (χ4n) is 2.55. The molecule has 0 bridgehead atoms. The molecule has 1 N–H and O–H groups in total. The highest BCUT2D eigenvalue weighted by molar-refractivity contribution is 5.94. The number of carboxylic acids is 1. The van der Waals surface area contributed by atoms with Crippen molar-refractivity contribution < 1.29 is 19.4 Å². The molecule has 0 aromatic heterocycles. The fourth-order valence-corrected chi connectivity index (χ4v) is 2.55. The SMILES string of the molecule is CC(=O)c1ccc(N=Cc2ccccc2OCc2ccc(C(=O)O)cc2)cc1. The van der Waals surface area contributed by atoms with Crippen LogP contribution in [0.25, 0.3) is 0 Å². The molecule has 0 amide bonds. The Hall–Kier alpha value is -3.73. The zero-order chi connectivity index (χ0) is 19.9. The number of hydrogen-bond donors (Lipinski definition) is 1. The Morgan fingerprint density at radius 1 is 0.929 bits per heavy atom. The summed E-state index contributed by atoms with van der Waals surface area (Å²) in [7, 11) is 0. The lowest BCUT2D eigenvalue weighted by Gasteiger charge is -2.09. The fraction of sp³-hybridized carbons (Fsp3) is 0.0870. The van der Waals surface area contributed by atoms with E-state index in [4.69, 9.17) is 9.84 Å². The van der Waals surface area contributed by atoms with E-state index in [-0.39, 0.29) is 11.3 Å². The molecule has 0 atom stereocenters. The van der Waals surface area contributed by atoms with Gasteiger partial charge in [-0.05, 0) is 61.0 Å². The molecule has 0 saturated heterocycles. The molecule has 3 rings (SSSR count). The lowest BCUT2D eigenvalue weighted by molar-refractivity contribution is 0.0696. The lowest BCUT2D eigenvalue weighted by Crippen LogP contribution is -2.00. The molecular weight excluding hydrogens is 354 g/mol. The van der Waals surface area contributed by atoms with Crippen LogP contribution in [0.2, 0.25) is 0 Å². The molecule has 0 fully saturated rings. The molecule has 140 valence electrons. The smallest absolute Gasteiger partial charge is 0.335 e. The van der Waals surface area contributed by atoms with Crippen LogP contribution in [0.1, 0.15) is 38.8 Å². The average molecular weight is 373 g/mol. The number of aromatic carboxylic acids is 1. The van der Waals surface area contributed by atoms with Crippen molar-refractivity contribution in [1.82, 2.24) is 0 Å². The summed E-state index contributed by atoms with van der Waals surface area (Å²) in [5, 5.41) is 8.95. The Bertz CT molecular complexity index is 1010. The van der Waals surface area contributed by atoms with Crippen molar-refractivity contribution in [3.8, 4) is 5.75 Å². The monoisotopic (exact) mass is 373 g/mol. The summed E-state index contributed by atoms with van der Waals surface area (Å²) in [6.07, 6.45) is 1.71. The largest absolute Gasteiger partial charge is 0.488 e. The van der Waals surface area contributed by atoms with Crippen molar-refractivity contribution in [2.24, 2.45) is 4.99 Å². The van der Waals surface area contributed by atoms with Gasteiger partial charge in [0.1, 0.15) is 12.4 Å². The minimum Gasteiger partial charge on any atom is -0.488 e. The van der Waals surface area contributed by atoms with Crippen LogP contribution in [0, 0.1) is 0 Å². The summed E-state index contributed by atoms with van der Waals surface area (Å²) in [5.41, 5.74) is 3.32. The highest BCUT2D eigenvalue weighted by atomic mass is 16.5. The van der Waals surface area contributed by atoms with Gasteiger partial charge in [-0.3, -0.25) is 9.79 Å². The quantitative estimate of drug-likeness (QED) is 0.471. The van der Waals surface area contributed by atoms with E-state index in [1.54, 1.807) is 54.7 Å². The maximum Gasteiger partial charge on any atom is 0.335 e. The molecule has 5 heteroatoms.